The van der Waals surface area contributed by atoms with E-state index in [9.17, 15) is 9.59 Å². The summed E-state index contributed by atoms with van der Waals surface area (Å²) < 4.78 is 0. The number of amides is 2. The molecule has 0 bridgehead atoms. The molecule has 0 spiro atoms. The van der Waals surface area contributed by atoms with Crippen LogP contribution in [-0.2, 0) is 9.59 Å². The molecular weight excluding hydrogens is 326 g/mol. The van der Waals surface area contributed by atoms with E-state index in [0.717, 1.165) is 36.2 Å². The van der Waals surface area contributed by atoms with E-state index in [1.54, 1.807) is 4.90 Å². The number of hydrogen-bond donors (Lipinski definition) is 1. The maximum atomic E-state index is 12.7. The number of nitrogens with one attached hydrogen (secondary N) is 1. The summed E-state index contributed by atoms with van der Waals surface area (Å²) in [5.41, 5.74) is 6.99. The smallest absolute Gasteiger partial charge is 0.243 e. The van der Waals surface area contributed by atoms with Crippen LogP contribution in [0.15, 0.2) is 23.3 Å². The van der Waals surface area contributed by atoms with Gasteiger partial charge in [0.15, 0.2) is 0 Å². The van der Waals surface area contributed by atoms with Crippen molar-refractivity contribution in [2.75, 3.05) is 11.9 Å². The molecule has 0 radical (unpaired) electrons. The summed E-state index contributed by atoms with van der Waals surface area (Å²) in [4.78, 5) is 26.6. The molecule has 4 rings (SSSR count). The minimum atomic E-state index is -0.00336. The highest BCUT2D eigenvalue weighted by molar-refractivity contribution is 6.07. The highest BCUT2D eigenvalue weighted by Gasteiger charge is 2.40. The first-order valence-electron chi connectivity index (χ1n) is 9.69. The van der Waals surface area contributed by atoms with E-state index >= 15 is 0 Å². The van der Waals surface area contributed by atoms with Gasteiger partial charge >= 0.3 is 0 Å². The lowest BCUT2D eigenvalue weighted by molar-refractivity contribution is -0.126. The van der Waals surface area contributed by atoms with Gasteiger partial charge in [-0.15, -0.1) is 0 Å². The molecule has 2 amide bonds. The molecule has 1 saturated carbocycles. The Hall–Kier alpha value is -2.17. The zero-order chi connectivity index (χ0) is 18.6. The lowest BCUT2D eigenvalue weighted by Gasteiger charge is -2.27. The van der Waals surface area contributed by atoms with E-state index in [0.29, 0.717) is 0 Å². The summed E-state index contributed by atoms with van der Waals surface area (Å²) >= 11 is 0. The number of fused-ring (bicyclic) bond motifs is 2. The molecule has 138 valence electrons. The van der Waals surface area contributed by atoms with Crippen molar-refractivity contribution in [1.82, 2.24) is 5.43 Å². The summed E-state index contributed by atoms with van der Waals surface area (Å²) in [6.07, 6.45) is 3.05. The molecule has 0 saturated heterocycles. The standard InChI is InChI=1S/C21H27N3O2/c1-11-12(2)17-10-14(8-9-18(17)24(4)21(26)13(11)3)19-15-6-5-7-16(15)20(25)23-22-19/h8-13,15-16H,5-7H2,1-4H3,(H,23,25). The molecule has 0 aromatic heterocycles. The first kappa shape index (κ1) is 17.3. The molecule has 3 aliphatic rings. The van der Waals surface area contributed by atoms with Crippen LogP contribution < -0.4 is 10.3 Å². The topological polar surface area (TPSA) is 61.8 Å². The third-order valence-electron chi connectivity index (χ3n) is 6.96. The summed E-state index contributed by atoms with van der Waals surface area (Å²) in [6, 6.07) is 6.30. The van der Waals surface area contributed by atoms with Crippen LogP contribution in [0.3, 0.4) is 0 Å². The van der Waals surface area contributed by atoms with E-state index in [1.807, 2.05) is 20.0 Å². The third kappa shape index (κ3) is 2.48. The van der Waals surface area contributed by atoms with Crippen molar-refractivity contribution in [3.05, 3.63) is 29.3 Å². The Kier molecular flexibility index (Phi) is 4.13. The largest absolute Gasteiger partial charge is 0.315 e. The number of anilines is 1. The number of hydrazone groups is 1. The zero-order valence-electron chi connectivity index (χ0n) is 16.0. The number of nitrogens with zero attached hydrogens (tertiary/aromatic N) is 2. The fourth-order valence-electron chi connectivity index (χ4n) is 4.91. The maximum absolute atomic E-state index is 12.7. The predicted molar refractivity (Wildman–Crippen MR) is 102 cm³/mol. The molecule has 1 fully saturated rings. The number of carbonyl (C=O) groups is 2. The molecule has 26 heavy (non-hydrogen) atoms. The fourth-order valence-corrected chi connectivity index (χ4v) is 4.91. The van der Waals surface area contributed by atoms with Crippen LogP contribution >= 0.6 is 0 Å². The normalized spacial score (nSPS) is 33.9. The lowest BCUT2D eigenvalue weighted by Crippen LogP contribution is -2.39. The van der Waals surface area contributed by atoms with Gasteiger partial charge in [-0.2, -0.15) is 5.10 Å². The van der Waals surface area contributed by atoms with Crippen LogP contribution in [0.1, 0.15) is 57.1 Å². The van der Waals surface area contributed by atoms with Crippen molar-refractivity contribution in [2.24, 2.45) is 28.8 Å². The summed E-state index contributed by atoms with van der Waals surface area (Å²) in [5, 5.41) is 4.43. The van der Waals surface area contributed by atoms with E-state index < -0.39 is 0 Å². The highest BCUT2D eigenvalue weighted by Crippen LogP contribution is 2.42. The third-order valence-corrected chi connectivity index (χ3v) is 6.96. The van der Waals surface area contributed by atoms with Crippen molar-refractivity contribution in [2.45, 2.75) is 46.0 Å². The van der Waals surface area contributed by atoms with E-state index in [1.165, 1.54) is 5.56 Å². The van der Waals surface area contributed by atoms with Crippen LogP contribution in [-0.4, -0.2) is 24.6 Å². The molecule has 2 aliphatic heterocycles. The van der Waals surface area contributed by atoms with Gasteiger partial charge in [-0.25, -0.2) is 5.43 Å². The molecule has 1 N–H and O–H groups in total. The average molecular weight is 353 g/mol. The van der Waals surface area contributed by atoms with Crippen LogP contribution in [0.25, 0.3) is 0 Å². The van der Waals surface area contributed by atoms with Gasteiger partial charge in [-0.05, 0) is 47.9 Å². The first-order valence-corrected chi connectivity index (χ1v) is 9.69. The quantitative estimate of drug-likeness (QED) is 0.842. The van der Waals surface area contributed by atoms with Gasteiger partial charge in [0.25, 0.3) is 0 Å². The molecule has 5 atom stereocenters. The van der Waals surface area contributed by atoms with Crippen LogP contribution in [0.5, 0.6) is 0 Å². The maximum Gasteiger partial charge on any atom is 0.243 e. The van der Waals surface area contributed by atoms with Gasteiger partial charge in [0, 0.05) is 30.5 Å². The number of rotatable bonds is 1. The van der Waals surface area contributed by atoms with E-state index in [-0.39, 0.29) is 41.4 Å². The SMILES string of the molecule is CC1C(=O)N(C)c2ccc(C3=NNC(=O)C4CCCC34)cc2C(C)C1C. The lowest BCUT2D eigenvalue weighted by atomic mass is 9.80. The molecule has 5 heteroatoms. The fraction of sp³-hybridized carbons (Fsp3) is 0.571. The average Bonchev–Trinajstić information content (AvgIpc) is 3.13. The Labute approximate surface area is 154 Å². The number of hydrogen-bond acceptors (Lipinski definition) is 3. The molecular formula is C21H27N3O2. The van der Waals surface area contributed by atoms with Gasteiger partial charge in [0.2, 0.25) is 11.8 Å². The Morgan fingerprint density at radius 1 is 1.08 bits per heavy atom. The van der Waals surface area contributed by atoms with Crippen LogP contribution in [0.4, 0.5) is 5.69 Å². The van der Waals surface area contributed by atoms with Gasteiger partial charge < -0.3 is 4.90 Å². The van der Waals surface area contributed by atoms with Crippen molar-refractivity contribution in [3.63, 3.8) is 0 Å². The van der Waals surface area contributed by atoms with Crippen molar-refractivity contribution in [3.8, 4) is 0 Å². The van der Waals surface area contributed by atoms with Crippen molar-refractivity contribution >= 4 is 23.2 Å². The first-order chi connectivity index (χ1) is 12.4. The Balaban J connectivity index is 1.78. The summed E-state index contributed by atoms with van der Waals surface area (Å²) in [5.74, 6) is 1.07. The van der Waals surface area contributed by atoms with E-state index in [2.05, 4.69) is 36.5 Å². The Morgan fingerprint density at radius 3 is 2.58 bits per heavy atom. The Bertz CT molecular complexity index is 800. The second-order valence-electron chi connectivity index (χ2n) is 8.22. The van der Waals surface area contributed by atoms with Crippen LogP contribution in [0.2, 0.25) is 0 Å². The van der Waals surface area contributed by atoms with Crippen molar-refractivity contribution < 1.29 is 9.59 Å². The van der Waals surface area contributed by atoms with Gasteiger partial charge in [0.05, 0.1) is 5.71 Å². The summed E-state index contributed by atoms with van der Waals surface area (Å²) in [6.45, 7) is 6.39. The molecule has 2 heterocycles. The van der Waals surface area contributed by atoms with Gasteiger partial charge in [-0.3, -0.25) is 9.59 Å². The second-order valence-corrected chi connectivity index (χ2v) is 8.22. The highest BCUT2D eigenvalue weighted by atomic mass is 16.2. The number of carbonyl (C=O) groups excluding carboxylic acids is 2. The van der Waals surface area contributed by atoms with Crippen LogP contribution in [0, 0.1) is 23.7 Å². The molecule has 5 nitrogen and oxygen atoms in total. The molecule has 1 aromatic rings. The Morgan fingerprint density at radius 2 is 1.81 bits per heavy atom. The van der Waals surface area contributed by atoms with Gasteiger partial charge in [0.1, 0.15) is 0 Å². The van der Waals surface area contributed by atoms with Crippen molar-refractivity contribution in [1.29, 1.82) is 0 Å². The second kappa shape index (κ2) is 6.22. The van der Waals surface area contributed by atoms with E-state index in [4.69, 9.17) is 0 Å². The molecule has 1 aromatic carbocycles. The monoisotopic (exact) mass is 353 g/mol. The molecule has 5 unspecified atom stereocenters. The predicted octanol–water partition coefficient (Wildman–Crippen LogP) is 3.29. The molecule has 1 aliphatic carbocycles. The number of benzene rings is 1. The zero-order valence-corrected chi connectivity index (χ0v) is 16.0. The minimum absolute atomic E-state index is 0.00336. The summed E-state index contributed by atoms with van der Waals surface area (Å²) in [7, 11) is 1.87. The minimum Gasteiger partial charge on any atom is -0.315 e. The van der Waals surface area contributed by atoms with Gasteiger partial charge in [-0.1, -0.05) is 33.3 Å².